The number of H-pyrrole nitrogens is 1. The largest absolute Gasteiger partial charge is 0.450 e. The van der Waals surface area contributed by atoms with Gasteiger partial charge in [0.2, 0.25) is 5.91 Å². The van der Waals surface area contributed by atoms with Crippen LogP contribution in [0.5, 0.6) is 0 Å². The molecule has 2 atom stereocenters. The number of aromatic nitrogens is 2. The summed E-state index contributed by atoms with van der Waals surface area (Å²) in [6, 6.07) is 7.74. The number of ether oxygens (including phenoxy) is 1. The minimum Gasteiger partial charge on any atom is -0.450 e. The Kier molecular flexibility index (Phi) is 6.62. The lowest BCUT2D eigenvalue weighted by atomic mass is 10.0. The van der Waals surface area contributed by atoms with E-state index in [1.54, 1.807) is 12.1 Å². The summed E-state index contributed by atoms with van der Waals surface area (Å²) in [7, 11) is 0. The highest BCUT2D eigenvalue weighted by atomic mass is 19.1. The number of carbonyl (C=O) groups is 2. The van der Waals surface area contributed by atoms with E-state index in [-0.39, 0.29) is 36.2 Å². The van der Waals surface area contributed by atoms with Crippen molar-refractivity contribution in [3.8, 4) is 0 Å². The third-order valence-corrected chi connectivity index (χ3v) is 4.77. The molecule has 1 aromatic carbocycles. The van der Waals surface area contributed by atoms with Gasteiger partial charge in [-0.25, -0.2) is 9.18 Å². The van der Waals surface area contributed by atoms with Crippen LogP contribution in [-0.2, 0) is 16.0 Å². The Balaban J connectivity index is 1.48. The number of aromatic amines is 1. The van der Waals surface area contributed by atoms with Gasteiger partial charge in [0.25, 0.3) is 0 Å². The van der Waals surface area contributed by atoms with Gasteiger partial charge in [-0.2, -0.15) is 5.10 Å². The minimum absolute atomic E-state index is 0.0779. The van der Waals surface area contributed by atoms with Crippen LogP contribution in [0.15, 0.2) is 30.3 Å². The van der Waals surface area contributed by atoms with Gasteiger partial charge in [0.15, 0.2) is 5.82 Å². The molecule has 0 radical (unpaired) electrons. The number of hydrogen-bond acceptors (Lipinski definition) is 4. The summed E-state index contributed by atoms with van der Waals surface area (Å²) in [6.45, 7) is 2.37. The number of nitrogens with zero attached hydrogens (tertiary/aromatic N) is 1. The lowest BCUT2D eigenvalue weighted by Gasteiger charge is -2.12. The molecule has 0 aliphatic heterocycles. The molecule has 0 saturated heterocycles. The van der Waals surface area contributed by atoms with Gasteiger partial charge in [-0.1, -0.05) is 19.1 Å². The SMILES string of the molecule is CCCOC(=O)N[C@@H]1CC[C@H](c2cc(NC(=O)Cc3ccc(F)cc3)n[nH]2)C1. The van der Waals surface area contributed by atoms with E-state index < -0.39 is 0 Å². The molecule has 0 unspecified atom stereocenters. The maximum absolute atomic E-state index is 12.9. The van der Waals surface area contributed by atoms with Gasteiger partial charge in [0.05, 0.1) is 13.0 Å². The Hall–Kier alpha value is -2.90. The van der Waals surface area contributed by atoms with Gasteiger partial charge >= 0.3 is 6.09 Å². The van der Waals surface area contributed by atoms with E-state index in [4.69, 9.17) is 4.74 Å². The molecular weight excluding hydrogens is 363 g/mol. The molecule has 0 bridgehead atoms. The predicted octanol–water partition coefficient (Wildman–Crippen LogP) is 3.50. The molecule has 3 N–H and O–H groups in total. The van der Waals surface area contributed by atoms with Crippen LogP contribution in [-0.4, -0.2) is 34.8 Å². The summed E-state index contributed by atoms with van der Waals surface area (Å²) in [5.74, 6) is 0.158. The van der Waals surface area contributed by atoms with Crippen LogP contribution in [0, 0.1) is 5.82 Å². The van der Waals surface area contributed by atoms with E-state index >= 15 is 0 Å². The Bertz CT molecular complexity index is 806. The molecule has 28 heavy (non-hydrogen) atoms. The standard InChI is InChI=1S/C20H25FN4O3/c1-2-9-28-20(27)22-16-8-5-14(11-16)17-12-18(25-24-17)23-19(26)10-13-3-6-15(21)7-4-13/h3-4,6-7,12,14,16H,2,5,8-11H2,1H3,(H,22,27)(H2,23,24,25,26)/t14-,16+/m0/s1. The molecular formula is C20H25FN4O3. The zero-order chi connectivity index (χ0) is 19.9. The number of carbonyl (C=O) groups excluding carboxylic acids is 2. The van der Waals surface area contributed by atoms with E-state index in [1.165, 1.54) is 12.1 Å². The highest BCUT2D eigenvalue weighted by Crippen LogP contribution is 2.34. The Morgan fingerprint density at radius 2 is 2.07 bits per heavy atom. The average molecular weight is 388 g/mol. The van der Waals surface area contributed by atoms with Gasteiger partial charge in [0.1, 0.15) is 5.82 Å². The lowest BCUT2D eigenvalue weighted by Crippen LogP contribution is -2.33. The number of anilines is 1. The number of amides is 2. The van der Waals surface area contributed by atoms with Crippen LogP contribution in [0.3, 0.4) is 0 Å². The average Bonchev–Trinajstić information content (AvgIpc) is 3.31. The van der Waals surface area contributed by atoms with Gasteiger partial charge in [-0.15, -0.1) is 0 Å². The van der Waals surface area contributed by atoms with Gasteiger partial charge in [0, 0.05) is 23.7 Å². The van der Waals surface area contributed by atoms with Crippen LogP contribution in [0.2, 0.25) is 0 Å². The Labute approximate surface area is 163 Å². The monoisotopic (exact) mass is 388 g/mol. The van der Waals surface area contributed by atoms with Crippen molar-refractivity contribution in [3.63, 3.8) is 0 Å². The van der Waals surface area contributed by atoms with Gasteiger partial charge < -0.3 is 15.4 Å². The maximum Gasteiger partial charge on any atom is 0.407 e. The van der Waals surface area contributed by atoms with Crippen LogP contribution in [0.1, 0.15) is 49.8 Å². The second-order valence-electron chi connectivity index (χ2n) is 7.05. The van der Waals surface area contributed by atoms with Crippen molar-refractivity contribution in [1.82, 2.24) is 15.5 Å². The van der Waals surface area contributed by atoms with Crippen LogP contribution < -0.4 is 10.6 Å². The van der Waals surface area contributed by atoms with Crippen LogP contribution >= 0.6 is 0 Å². The predicted molar refractivity (Wildman–Crippen MR) is 102 cm³/mol. The fourth-order valence-corrected chi connectivity index (χ4v) is 3.38. The summed E-state index contributed by atoms with van der Waals surface area (Å²) in [5.41, 5.74) is 1.66. The third kappa shape index (κ3) is 5.55. The number of nitrogens with one attached hydrogen (secondary N) is 3. The molecule has 1 heterocycles. The summed E-state index contributed by atoms with van der Waals surface area (Å²) in [4.78, 5) is 23.8. The minimum atomic E-state index is -0.370. The molecule has 2 amide bonds. The first-order valence-corrected chi connectivity index (χ1v) is 9.56. The number of rotatable bonds is 7. The van der Waals surface area contributed by atoms with E-state index in [9.17, 15) is 14.0 Å². The summed E-state index contributed by atoms with van der Waals surface area (Å²) >= 11 is 0. The fraction of sp³-hybridized carbons (Fsp3) is 0.450. The maximum atomic E-state index is 12.9. The molecule has 2 aromatic rings. The Morgan fingerprint density at radius 3 is 2.82 bits per heavy atom. The van der Waals surface area contributed by atoms with Gasteiger partial charge in [-0.3, -0.25) is 9.89 Å². The van der Waals surface area contributed by atoms with Crippen molar-refractivity contribution in [2.45, 2.75) is 51.0 Å². The summed E-state index contributed by atoms with van der Waals surface area (Å²) < 4.78 is 18.0. The van der Waals surface area contributed by atoms with Crippen LogP contribution in [0.4, 0.5) is 15.0 Å². The molecule has 1 saturated carbocycles. The smallest absolute Gasteiger partial charge is 0.407 e. The van der Waals surface area contributed by atoms with Crippen molar-refractivity contribution < 1.29 is 18.7 Å². The third-order valence-electron chi connectivity index (χ3n) is 4.77. The Morgan fingerprint density at radius 1 is 1.29 bits per heavy atom. The van der Waals surface area contributed by atoms with Crippen molar-refractivity contribution in [1.29, 1.82) is 0 Å². The quantitative estimate of drug-likeness (QED) is 0.676. The first-order chi connectivity index (χ1) is 13.5. The molecule has 3 rings (SSSR count). The summed E-state index contributed by atoms with van der Waals surface area (Å²) in [6.07, 6.45) is 3.17. The second kappa shape index (κ2) is 9.34. The molecule has 8 heteroatoms. The highest BCUT2D eigenvalue weighted by Gasteiger charge is 2.28. The lowest BCUT2D eigenvalue weighted by molar-refractivity contribution is -0.115. The van der Waals surface area contributed by atoms with Gasteiger partial charge in [-0.05, 0) is 43.4 Å². The summed E-state index contributed by atoms with van der Waals surface area (Å²) in [5, 5.41) is 12.8. The number of halogens is 1. The molecule has 1 fully saturated rings. The molecule has 7 nitrogen and oxygen atoms in total. The first kappa shape index (κ1) is 19.9. The van der Waals surface area contributed by atoms with Crippen LogP contribution in [0.25, 0.3) is 0 Å². The molecule has 1 aliphatic carbocycles. The van der Waals surface area contributed by atoms with Crippen molar-refractivity contribution in [3.05, 3.63) is 47.4 Å². The zero-order valence-electron chi connectivity index (χ0n) is 15.8. The van der Waals surface area contributed by atoms with E-state index in [0.29, 0.717) is 12.4 Å². The second-order valence-corrected chi connectivity index (χ2v) is 7.05. The van der Waals surface area contributed by atoms with E-state index in [2.05, 4.69) is 20.8 Å². The normalized spacial score (nSPS) is 18.6. The number of hydrogen-bond donors (Lipinski definition) is 3. The van der Waals surface area contributed by atoms with E-state index in [1.807, 2.05) is 13.0 Å². The molecule has 1 aromatic heterocycles. The van der Waals surface area contributed by atoms with E-state index in [0.717, 1.165) is 36.9 Å². The fourth-order valence-electron chi connectivity index (χ4n) is 3.38. The molecule has 150 valence electrons. The zero-order valence-corrected chi connectivity index (χ0v) is 15.8. The number of benzene rings is 1. The van der Waals surface area contributed by atoms with Crippen molar-refractivity contribution >= 4 is 17.8 Å². The molecule has 0 spiro atoms. The first-order valence-electron chi connectivity index (χ1n) is 9.56. The molecule has 1 aliphatic rings. The van der Waals surface area contributed by atoms with Crippen molar-refractivity contribution in [2.75, 3.05) is 11.9 Å². The highest BCUT2D eigenvalue weighted by molar-refractivity contribution is 5.91. The topological polar surface area (TPSA) is 96.1 Å². The number of alkyl carbamates (subject to hydrolysis) is 1. The van der Waals surface area contributed by atoms with Crippen molar-refractivity contribution in [2.24, 2.45) is 0 Å².